The van der Waals surface area contributed by atoms with Crippen LogP contribution in [0.15, 0.2) is 29.3 Å². The number of rotatable bonds is 8. The third kappa shape index (κ3) is 7.49. The molecule has 0 radical (unpaired) electrons. The first-order chi connectivity index (χ1) is 13.8. The molecule has 0 bridgehead atoms. The van der Waals surface area contributed by atoms with Crippen molar-refractivity contribution in [2.75, 3.05) is 71.5 Å². The standard InChI is InChI=1S/C21H35N5O2.HI/c1-22-21(23-10-5-6-11-25-13-15-28-16-14-25)24-18-9-12-26(17-18)19-7-3-4-8-20(19)27-2;/h3-4,7-8,18H,5-6,9-17H2,1-2H3,(H2,22,23,24);1H. The van der Waals surface area contributed by atoms with E-state index in [1.165, 1.54) is 12.1 Å². The summed E-state index contributed by atoms with van der Waals surface area (Å²) in [6, 6.07) is 8.62. The molecule has 0 spiro atoms. The molecule has 1 atom stereocenters. The van der Waals surface area contributed by atoms with Crippen LogP contribution in [0, 0.1) is 0 Å². The van der Waals surface area contributed by atoms with Crippen LogP contribution in [0.2, 0.25) is 0 Å². The number of para-hydroxylation sites is 2. The van der Waals surface area contributed by atoms with Crippen LogP contribution in [0.1, 0.15) is 19.3 Å². The second-order valence-corrected chi connectivity index (χ2v) is 7.41. The molecule has 2 N–H and O–H groups in total. The molecule has 2 aliphatic rings. The maximum atomic E-state index is 5.51. The maximum Gasteiger partial charge on any atom is 0.191 e. The first kappa shape index (κ1) is 24.0. The zero-order valence-corrected chi connectivity index (χ0v) is 20.1. The van der Waals surface area contributed by atoms with E-state index in [-0.39, 0.29) is 24.0 Å². The lowest BCUT2D eigenvalue weighted by atomic mass is 10.2. The van der Waals surface area contributed by atoms with Gasteiger partial charge in [-0.3, -0.25) is 9.89 Å². The third-order valence-electron chi connectivity index (χ3n) is 5.48. The number of morpholine rings is 1. The lowest BCUT2D eigenvalue weighted by Gasteiger charge is -2.26. The summed E-state index contributed by atoms with van der Waals surface area (Å²) in [6.07, 6.45) is 3.45. The Morgan fingerprint density at radius 1 is 1.21 bits per heavy atom. The molecule has 7 nitrogen and oxygen atoms in total. The molecule has 0 aliphatic carbocycles. The number of methoxy groups -OCH3 is 1. The first-order valence-corrected chi connectivity index (χ1v) is 10.5. The molecule has 2 fully saturated rings. The van der Waals surface area contributed by atoms with Gasteiger partial charge in [-0.25, -0.2) is 0 Å². The molecule has 1 aromatic carbocycles. The van der Waals surface area contributed by atoms with Crippen LogP contribution in [0.3, 0.4) is 0 Å². The molecule has 2 saturated heterocycles. The molecule has 0 saturated carbocycles. The number of nitrogens with zero attached hydrogens (tertiary/aromatic N) is 3. The number of unbranched alkanes of at least 4 members (excludes halogenated alkanes) is 1. The predicted molar refractivity (Wildman–Crippen MR) is 130 cm³/mol. The fourth-order valence-electron chi connectivity index (χ4n) is 3.87. The van der Waals surface area contributed by atoms with Crippen molar-refractivity contribution in [2.45, 2.75) is 25.3 Å². The lowest BCUT2D eigenvalue weighted by molar-refractivity contribution is 0.0372. The minimum Gasteiger partial charge on any atom is -0.495 e. The largest absolute Gasteiger partial charge is 0.495 e. The van der Waals surface area contributed by atoms with E-state index in [1.807, 2.05) is 19.2 Å². The van der Waals surface area contributed by atoms with Gasteiger partial charge in [0.1, 0.15) is 5.75 Å². The highest BCUT2D eigenvalue weighted by Crippen LogP contribution is 2.30. The minimum atomic E-state index is 0. The van der Waals surface area contributed by atoms with Crippen molar-refractivity contribution in [1.29, 1.82) is 0 Å². The van der Waals surface area contributed by atoms with E-state index in [2.05, 4.69) is 37.6 Å². The van der Waals surface area contributed by atoms with Gasteiger partial charge in [-0.2, -0.15) is 0 Å². The fourth-order valence-corrected chi connectivity index (χ4v) is 3.87. The van der Waals surface area contributed by atoms with Gasteiger partial charge in [-0.05, 0) is 37.9 Å². The highest BCUT2D eigenvalue weighted by molar-refractivity contribution is 14.0. The van der Waals surface area contributed by atoms with E-state index in [0.717, 1.165) is 77.0 Å². The van der Waals surface area contributed by atoms with Crippen molar-refractivity contribution in [3.8, 4) is 5.75 Å². The Balaban J connectivity index is 0.00000300. The first-order valence-electron chi connectivity index (χ1n) is 10.5. The Morgan fingerprint density at radius 2 is 2.00 bits per heavy atom. The zero-order chi connectivity index (χ0) is 19.6. The van der Waals surface area contributed by atoms with Gasteiger partial charge in [0.05, 0.1) is 26.0 Å². The van der Waals surface area contributed by atoms with Gasteiger partial charge in [0.25, 0.3) is 0 Å². The van der Waals surface area contributed by atoms with Crippen molar-refractivity contribution in [2.24, 2.45) is 4.99 Å². The van der Waals surface area contributed by atoms with Crippen LogP contribution in [-0.2, 0) is 4.74 Å². The summed E-state index contributed by atoms with van der Waals surface area (Å²) in [6.45, 7) is 7.99. The van der Waals surface area contributed by atoms with Gasteiger partial charge in [0.15, 0.2) is 5.96 Å². The molecular weight excluding hydrogens is 481 g/mol. The van der Waals surface area contributed by atoms with E-state index >= 15 is 0 Å². The number of nitrogens with one attached hydrogen (secondary N) is 2. The van der Waals surface area contributed by atoms with Gasteiger partial charge in [0.2, 0.25) is 0 Å². The molecular formula is C21H36IN5O2. The second kappa shape index (κ2) is 13.1. The van der Waals surface area contributed by atoms with Crippen LogP contribution < -0.4 is 20.3 Å². The number of halogens is 1. The molecule has 0 aromatic heterocycles. The number of ether oxygens (including phenoxy) is 2. The van der Waals surface area contributed by atoms with Crippen molar-refractivity contribution in [1.82, 2.24) is 15.5 Å². The van der Waals surface area contributed by atoms with E-state index in [1.54, 1.807) is 7.11 Å². The van der Waals surface area contributed by atoms with E-state index in [4.69, 9.17) is 9.47 Å². The smallest absolute Gasteiger partial charge is 0.191 e. The van der Waals surface area contributed by atoms with Gasteiger partial charge >= 0.3 is 0 Å². The molecule has 2 heterocycles. The van der Waals surface area contributed by atoms with Crippen molar-refractivity contribution < 1.29 is 9.47 Å². The number of hydrogen-bond acceptors (Lipinski definition) is 5. The highest BCUT2D eigenvalue weighted by Gasteiger charge is 2.25. The average Bonchev–Trinajstić information content (AvgIpc) is 3.21. The van der Waals surface area contributed by atoms with Crippen molar-refractivity contribution in [3.63, 3.8) is 0 Å². The summed E-state index contributed by atoms with van der Waals surface area (Å²) in [5.41, 5.74) is 1.17. The number of guanidine groups is 1. The summed E-state index contributed by atoms with van der Waals surface area (Å²) < 4.78 is 10.9. The molecule has 3 rings (SSSR count). The number of anilines is 1. The predicted octanol–water partition coefficient (Wildman–Crippen LogP) is 2.17. The molecule has 0 amide bonds. The molecule has 2 aliphatic heterocycles. The number of benzene rings is 1. The topological polar surface area (TPSA) is 61.4 Å². The number of hydrogen-bond donors (Lipinski definition) is 2. The minimum absolute atomic E-state index is 0. The molecule has 164 valence electrons. The number of aliphatic imine (C=N–C) groups is 1. The van der Waals surface area contributed by atoms with Crippen LogP contribution >= 0.6 is 24.0 Å². The summed E-state index contributed by atoms with van der Waals surface area (Å²) in [7, 11) is 3.57. The van der Waals surface area contributed by atoms with Gasteiger partial charge < -0.3 is 25.0 Å². The fraction of sp³-hybridized carbons (Fsp3) is 0.667. The SMILES string of the molecule is CN=C(NCCCCN1CCOCC1)NC1CCN(c2ccccc2OC)C1.I. The summed E-state index contributed by atoms with van der Waals surface area (Å²) in [5.74, 6) is 1.84. The molecule has 1 unspecified atom stereocenters. The average molecular weight is 517 g/mol. The maximum absolute atomic E-state index is 5.51. The molecule has 29 heavy (non-hydrogen) atoms. The van der Waals surface area contributed by atoms with Crippen molar-refractivity contribution in [3.05, 3.63) is 24.3 Å². The van der Waals surface area contributed by atoms with E-state index in [9.17, 15) is 0 Å². The highest BCUT2D eigenvalue weighted by atomic mass is 127. The van der Waals surface area contributed by atoms with Gasteiger partial charge in [-0.15, -0.1) is 24.0 Å². The summed E-state index contributed by atoms with van der Waals surface area (Å²) in [4.78, 5) is 9.26. The van der Waals surface area contributed by atoms with E-state index < -0.39 is 0 Å². The summed E-state index contributed by atoms with van der Waals surface area (Å²) in [5, 5.41) is 7.04. The molecule has 1 aromatic rings. The normalized spacial score (nSPS) is 20.3. The van der Waals surface area contributed by atoms with E-state index in [0.29, 0.717) is 6.04 Å². The Kier molecular flexibility index (Phi) is 10.9. The van der Waals surface area contributed by atoms with Crippen LogP contribution in [0.5, 0.6) is 5.75 Å². The van der Waals surface area contributed by atoms with Gasteiger partial charge in [-0.1, -0.05) is 12.1 Å². The lowest BCUT2D eigenvalue weighted by Crippen LogP contribution is -2.45. The molecule has 8 heteroatoms. The van der Waals surface area contributed by atoms with Crippen LogP contribution in [-0.4, -0.2) is 83.5 Å². The Bertz CT molecular complexity index is 625. The Hall–Kier alpha value is -1.26. The van der Waals surface area contributed by atoms with Crippen LogP contribution in [0.25, 0.3) is 0 Å². The summed E-state index contributed by atoms with van der Waals surface area (Å²) >= 11 is 0. The third-order valence-corrected chi connectivity index (χ3v) is 5.48. The second-order valence-electron chi connectivity index (χ2n) is 7.41. The van der Waals surface area contributed by atoms with Crippen LogP contribution in [0.4, 0.5) is 5.69 Å². The Morgan fingerprint density at radius 3 is 2.76 bits per heavy atom. The van der Waals surface area contributed by atoms with Crippen molar-refractivity contribution >= 4 is 35.6 Å². The monoisotopic (exact) mass is 517 g/mol. The Labute approximate surface area is 192 Å². The van der Waals surface area contributed by atoms with Gasteiger partial charge in [0, 0.05) is 45.8 Å². The zero-order valence-electron chi connectivity index (χ0n) is 17.7. The quantitative estimate of drug-likeness (QED) is 0.239.